The lowest BCUT2D eigenvalue weighted by atomic mass is 10.1. The van der Waals surface area contributed by atoms with Crippen molar-refractivity contribution < 1.29 is 9.90 Å². The molecule has 3 N–H and O–H groups in total. The van der Waals surface area contributed by atoms with Crippen molar-refractivity contribution >= 4 is 5.91 Å². The van der Waals surface area contributed by atoms with E-state index >= 15 is 0 Å². The van der Waals surface area contributed by atoms with Crippen LogP contribution in [0.25, 0.3) is 0 Å². The van der Waals surface area contributed by atoms with Crippen LogP contribution in [-0.4, -0.2) is 30.8 Å². The maximum Gasteiger partial charge on any atom is 0.221 e. The van der Waals surface area contributed by atoms with Crippen LogP contribution in [0, 0.1) is 0 Å². The maximum absolute atomic E-state index is 11.2. The van der Waals surface area contributed by atoms with Crippen molar-refractivity contribution in [2.24, 2.45) is 0 Å². The van der Waals surface area contributed by atoms with Crippen LogP contribution < -0.4 is 10.6 Å². The predicted octanol–water partition coefficient (Wildman–Crippen LogP) is 2.34. The Kier molecular flexibility index (Phi) is 14.5. The summed E-state index contributed by atoms with van der Waals surface area (Å²) in [5.41, 5.74) is 0. The van der Waals surface area contributed by atoms with Gasteiger partial charge in [0.25, 0.3) is 0 Å². The summed E-state index contributed by atoms with van der Waals surface area (Å²) in [6.45, 7) is 5.43. The van der Waals surface area contributed by atoms with Gasteiger partial charge in [-0.15, -0.1) is 6.58 Å². The molecule has 112 valence electrons. The molecule has 4 nitrogen and oxygen atoms in total. The molecule has 1 amide bonds. The standard InChI is InChI=1S/C15H30N2O2/c1-2-3-11-15(19)17-14-16-12-9-7-5-4-6-8-10-13-18/h2,16,18H,1,3-14H2,(H,17,19). The monoisotopic (exact) mass is 270 g/mol. The topological polar surface area (TPSA) is 61.4 Å². The molecule has 0 aliphatic carbocycles. The minimum absolute atomic E-state index is 0.0799. The van der Waals surface area contributed by atoms with E-state index in [4.69, 9.17) is 5.11 Å². The molecule has 0 fully saturated rings. The van der Waals surface area contributed by atoms with Gasteiger partial charge in [-0.05, 0) is 25.8 Å². The van der Waals surface area contributed by atoms with E-state index in [1.54, 1.807) is 6.08 Å². The van der Waals surface area contributed by atoms with Crippen LogP contribution in [0.5, 0.6) is 0 Å². The molecule has 0 radical (unpaired) electrons. The number of rotatable bonds is 14. The first-order valence-corrected chi connectivity index (χ1v) is 7.50. The zero-order valence-corrected chi connectivity index (χ0v) is 12.1. The zero-order valence-electron chi connectivity index (χ0n) is 12.1. The van der Waals surface area contributed by atoms with E-state index in [1.165, 1.54) is 25.7 Å². The molecule has 0 aromatic rings. The summed E-state index contributed by atoms with van der Waals surface area (Å²) < 4.78 is 0. The molecule has 0 aliphatic rings. The second-order valence-corrected chi connectivity index (χ2v) is 4.80. The summed E-state index contributed by atoms with van der Waals surface area (Å²) in [4.78, 5) is 11.2. The van der Waals surface area contributed by atoms with E-state index in [2.05, 4.69) is 17.2 Å². The molecule has 0 heterocycles. The van der Waals surface area contributed by atoms with E-state index < -0.39 is 0 Å². The average Bonchev–Trinajstić information content (AvgIpc) is 2.42. The van der Waals surface area contributed by atoms with Crippen LogP contribution in [0.3, 0.4) is 0 Å². The molecule has 4 heteroatoms. The summed E-state index contributed by atoms with van der Waals surface area (Å²) in [5.74, 6) is 0.0799. The van der Waals surface area contributed by atoms with Crippen molar-refractivity contribution in [3.63, 3.8) is 0 Å². The highest BCUT2D eigenvalue weighted by molar-refractivity contribution is 5.75. The van der Waals surface area contributed by atoms with Crippen molar-refractivity contribution in [1.82, 2.24) is 10.6 Å². The van der Waals surface area contributed by atoms with Gasteiger partial charge in [0.2, 0.25) is 5.91 Å². The van der Waals surface area contributed by atoms with E-state index in [0.717, 1.165) is 32.2 Å². The van der Waals surface area contributed by atoms with Crippen molar-refractivity contribution in [2.45, 2.75) is 57.8 Å². The van der Waals surface area contributed by atoms with Crippen molar-refractivity contribution in [1.29, 1.82) is 0 Å². The Morgan fingerprint density at radius 2 is 1.68 bits per heavy atom. The molecule has 0 saturated carbocycles. The van der Waals surface area contributed by atoms with Gasteiger partial charge in [0.05, 0.1) is 6.67 Å². The molecule has 0 aromatic heterocycles. The number of amides is 1. The predicted molar refractivity (Wildman–Crippen MR) is 79.8 cm³/mol. The molecule has 0 unspecified atom stereocenters. The van der Waals surface area contributed by atoms with Crippen LogP contribution in [0.1, 0.15) is 57.8 Å². The van der Waals surface area contributed by atoms with Crippen LogP contribution >= 0.6 is 0 Å². The summed E-state index contributed by atoms with van der Waals surface area (Å²) in [5, 5.41) is 14.7. The molecular formula is C15H30N2O2. The normalized spacial score (nSPS) is 10.4. The summed E-state index contributed by atoms with van der Waals surface area (Å²) in [6.07, 6.45) is 11.2. The molecule has 0 spiro atoms. The van der Waals surface area contributed by atoms with Gasteiger partial charge < -0.3 is 10.4 Å². The van der Waals surface area contributed by atoms with Crippen LogP contribution in [0.2, 0.25) is 0 Å². The minimum Gasteiger partial charge on any atom is -0.396 e. The highest BCUT2D eigenvalue weighted by Gasteiger charge is 1.97. The number of hydrogen-bond acceptors (Lipinski definition) is 3. The van der Waals surface area contributed by atoms with E-state index in [9.17, 15) is 4.79 Å². The first-order chi connectivity index (χ1) is 9.31. The molecule has 0 saturated heterocycles. The summed E-state index contributed by atoms with van der Waals surface area (Å²) in [7, 11) is 0. The Hall–Kier alpha value is -0.870. The SMILES string of the molecule is C=CCCC(=O)NCNCCCCCCCCCO. The van der Waals surface area contributed by atoms with Gasteiger partial charge in [0, 0.05) is 13.0 Å². The van der Waals surface area contributed by atoms with E-state index in [0.29, 0.717) is 19.7 Å². The molecular weight excluding hydrogens is 240 g/mol. The Morgan fingerprint density at radius 3 is 2.32 bits per heavy atom. The van der Waals surface area contributed by atoms with Crippen molar-refractivity contribution in [3.8, 4) is 0 Å². The van der Waals surface area contributed by atoms with Gasteiger partial charge in [0.1, 0.15) is 0 Å². The summed E-state index contributed by atoms with van der Waals surface area (Å²) in [6, 6.07) is 0. The number of carbonyl (C=O) groups excluding carboxylic acids is 1. The number of hydrogen-bond donors (Lipinski definition) is 3. The lowest BCUT2D eigenvalue weighted by molar-refractivity contribution is -0.121. The average molecular weight is 270 g/mol. The number of aliphatic hydroxyl groups excluding tert-OH is 1. The molecule has 19 heavy (non-hydrogen) atoms. The number of aliphatic hydroxyl groups is 1. The molecule has 0 atom stereocenters. The number of nitrogens with one attached hydrogen (secondary N) is 2. The Bertz CT molecular complexity index is 220. The van der Waals surface area contributed by atoms with Gasteiger partial charge >= 0.3 is 0 Å². The van der Waals surface area contributed by atoms with E-state index in [1.807, 2.05) is 0 Å². The smallest absolute Gasteiger partial charge is 0.221 e. The molecule has 0 bridgehead atoms. The van der Waals surface area contributed by atoms with Gasteiger partial charge in [-0.25, -0.2) is 0 Å². The van der Waals surface area contributed by atoms with Gasteiger partial charge in [-0.2, -0.15) is 0 Å². The van der Waals surface area contributed by atoms with Crippen molar-refractivity contribution in [2.75, 3.05) is 19.8 Å². The molecule has 0 aliphatic heterocycles. The van der Waals surface area contributed by atoms with Crippen molar-refractivity contribution in [3.05, 3.63) is 12.7 Å². The number of allylic oxidation sites excluding steroid dienone is 1. The first-order valence-electron chi connectivity index (χ1n) is 7.50. The maximum atomic E-state index is 11.2. The summed E-state index contributed by atoms with van der Waals surface area (Å²) >= 11 is 0. The van der Waals surface area contributed by atoms with Crippen LogP contribution in [0.4, 0.5) is 0 Å². The Balaban J connectivity index is 3.06. The van der Waals surface area contributed by atoms with Crippen LogP contribution in [0.15, 0.2) is 12.7 Å². The Labute approximate surface area is 117 Å². The third-order valence-corrected chi connectivity index (χ3v) is 3.00. The Morgan fingerprint density at radius 1 is 1.05 bits per heavy atom. The number of unbranched alkanes of at least 4 members (excludes halogenated alkanes) is 6. The fourth-order valence-corrected chi connectivity index (χ4v) is 1.82. The largest absolute Gasteiger partial charge is 0.396 e. The molecule has 0 aromatic carbocycles. The third-order valence-electron chi connectivity index (χ3n) is 3.00. The highest BCUT2D eigenvalue weighted by Crippen LogP contribution is 2.06. The number of carbonyl (C=O) groups is 1. The van der Waals surface area contributed by atoms with E-state index in [-0.39, 0.29) is 5.91 Å². The first kappa shape index (κ1) is 18.1. The third kappa shape index (κ3) is 15.1. The minimum atomic E-state index is 0.0799. The van der Waals surface area contributed by atoms with Crippen LogP contribution in [-0.2, 0) is 4.79 Å². The van der Waals surface area contributed by atoms with Gasteiger partial charge in [-0.3, -0.25) is 10.1 Å². The lowest BCUT2D eigenvalue weighted by Crippen LogP contribution is -2.34. The lowest BCUT2D eigenvalue weighted by Gasteiger charge is -2.06. The highest BCUT2D eigenvalue weighted by atomic mass is 16.2. The fourth-order valence-electron chi connectivity index (χ4n) is 1.82. The molecule has 0 rings (SSSR count). The quantitative estimate of drug-likeness (QED) is 0.258. The van der Waals surface area contributed by atoms with Gasteiger partial charge in [0.15, 0.2) is 0 Å². The second-order valence-electron chi connectivity index (χ2n) is 4.80. The fraction of sp³-hybridized carbons (Fsp3) is 0.800. The van der Waals surface area contributed by atoms with Gasteiger partial charge in [-0.1, -0.05) is 38.2 Å². The zero-order chi connectivity index (χ0) is 14.2. The second kappa shape index (κ2) is 15.2.